The molecule has 0 spiro atoms. The average Bonchev–Trinajstić information content (AvgIpc) is 2.61. The molecule has 7 nitrogen and oxygen atoms in total. The molecule has 0 radical (unpaired) electrons. The van der Waals surface area contributed by atoms with Gasteiger partial charge >= 0.3 is 0 Å². The van der Waals surface area contributed by atoms with Gasteiger partial charge in [0.1, 0.15) is 5.56 Å². The monoisotopic (exact) mass is 329 g/mol. The Balaban J connectivity index is 1.93. The van der Waals surface area contributed by atoms with Crippen molar-refractivity contribution < 1.29 is 14.3 Å². The van der Waals surface area contributed by atoms with Gasteiger partial charge in [-0.15, -0.1) is 0 Å². The quantitative estimate of drug-likeness (QED) is 0.835. The number of aryl methyl sites for hydroxylation is 1. The standard InChI is InChI=1S/C17H19N3O4/c1-10-4-3-5-11-14(10)19-8-12(15(11)21)17(23)20-6-7-24-13(9-20)16(22)18-2/h3-5,8,13H,6-7,9H2,1-2H3,(H,18,22)(H,19,21). The molecule has 1 fully saturated rings. The Hall–Kier alpha value is -2.67. The number of carbonyl (C=O) groups is 2. The smallest absolute Gasteiger partial charge is 0.259 e. The summed E-state index contributed by atoms with van der Waals surface area (Å²) in [5, 5.41) is 2.99. The number of rotatable bonds is 2. The van der Waals surface area contributed by atoms with Crippen LogP contribution in [-0.2, 0) is 9.53 Å². The highest BCUT2D eigenvalue weighted by molar-refractivity contribution is 5.98. The van der Waals surface area contributed by atoms with Crippen LogP contribution in [0.15, 0.2) is 29.2 Å². The van der Waals surface area contributed by atoms with Crippen molar-refractivity contribution in [2.75, 3.05) is 26.7 Å². The molecule has 2 heterocycles. The molecule has 0 saturated carbocycles. The number of likely N-dealkylation sites (N-methyl/N-ethyl adjacent to an activating group) is 1. The van der Waals surface area contributed by atoms with Gasteiger partial charge < -0.3 is 19.9 Å². The van der Waals surface area contributed by atoms with E-state index < -0.39 is 12.0 Å². The minimum Gasteiger partial charge on any atom is -0.365 e. The molecule has 24 heavy (non-hydrogen) atoms. The van der Waals surface area contributed by atoms with Crippen molar-refractivity contribution in [2.24, 2.45) is 0 Å². The number of morpholine rings is 1. The minimum atomic E-state index is -0.713. The number of aromatic amines is 1. The Bertz CT molecular complexity index is 859. The predicted molar refractivity (Wildman–Crippen MR) is 89.0 cm³/mol. The van der Waals surface area contributed by atoms with E-state index in [-0.39, 0.29) is 30.1 Å². The molecule has 1 aliphatic rings. The van der Waals surface area contributed by atoms with E-state index in [9.17, 15) is 14.4 Å². The molecule has 1 aliphatic heterocycles. The van der Waals surface area contributed by atoms with Gasteiger partial charge in [0.25, 0.3) is 11.8 Å². The molecule has 2 amide bonds. The van der Waals surface area contributed by atoms with Crippen LogP contribution in [0, 0.1) is 6.92 Å². The van der Waals surface area contributed by atoms with Crippen LogP contribution in [0.3, 0.4) is 0 Å². The zero-order chi connectivity index (χ0) is 17.3. The van der Waals surface area contributed by atoms with Crippen LogP contribution >= 0.6 is 0 Å². The second-order valence-corrected chi connectivity index (χ2v) is 5.75. The summed E-state index contributed by atoms with van der Waals surface area (Å²) in [6.45, 7) is 2.63. The van der Waals surface area contributed by atoms with Crippen molar-refractivity contribution in [1.82, 2.24) is 15.2 Å². The highest BCUT2D eigenvalue weighted by Crippen LogP contribution is 2.14. The first kappa shape index (κ1) is 16.2. The normalized spacial score (nSPS) is 17.8. The van der Waals surface area contributed by atoms with Crippen molar-refractivity contribution in [3.05, 3.63) is 45.7 Å². The first-order valence-electron chi connectivity index (χ1n) is 7.76. The lowest BCUT2D eigenvalue weighted by Gasteiger charge is -2.31. The highest BCUT2D eigenvalue weighted by Gasteiger charge is 2.30. The van der Waals surface area contributed by atoms with Crippen LogP contribution < -0.4 is 10.7 Å². The second kappa shape index (κ2) is 6.45. The van der Waals surface area contributed by atoms with Crippen LogP contribution in [-0.4, -0.2) is 54.5 Å². The third-order valence-electron chi connectivity index (χ3n) is 4.25. The molecule has 2 aromatic rings. The summed E-state index contributed by atoms with van der Waals surface area (Å²) in [6.07, 6.45) is 0.735. The molecule has 126 valence electrons. The number of hydrogen-bond acceptors (Lipinski definition) is 4. The Kier molecular flexibility index (Phi) is 4.35. The highest BCUT2D eigenvalue weighted by atomic mass is 16.5. The van der Waals surface area contributed by atoms with Gasteiger partial charge in [-0.1, -0.05) is 12.1 Å². The average molecular weight is 329 g/mol. The zero-order valence-corrected chi connectivity index (χ0v) is 13.6. The van der Waals surface area contributed by atoms with Gasteiger partial charge in [-0.05, 0) is 18.6 Å². The fourth-order valence-corrected chi connectivity index (χ4v) is 2.89. The van der Waals surface area contributed by atoms with Crippen LogP contribution in [0.4, 0.5) is 0 Å². The second-order valence-electron chi connectivity index (χ2n) is 5.75. The van der Waals surface area contributed by atoms with E-state index in [1.807, 2.05) is 13.0 Å². The van der Waals surface area contributed by atoms with Crippen LogP contribution in [0.5, 0.6) is 0 Å². The van der Waals surface area contributed by atoms with E-state index in [2.05, 4.69) is 10.3 Å². The lowest BCUT2D eigenvalue weighted by Crippen LogP contribution is -2.51. The number of ether oxygens (including phenoxy) is 1. The molecule has 1 saturated heterocycles. The van der Waals surface area contributed by atoms with Crippen molar-refractivity contribution in [3.8, 4) is 0 Å². The van der Waals surface area contributed by atoms with Gasteiger partial charge in [-0.25, -0.2) is 0 Å². The molecule has 3 rings (SSSR count). The SMILES string of the molecule is CNC(=O)C1CN(C(=O)c2c[nH]c3c(C)cccc3c2=O)CCO1. The Morgan fingerprint density at radius 1 is 1.38 bits per heavy atom. The van der Waals surface area contributed by atoms with Crippen molar-refractivity contribution in [1.29, 1.82) is 0 Å². The number of nitrogens with one attached hydrogen (secondary N) is 2. The minimum absolute atomic E-state index is 0.0747. The molecule has 1 aromatic heterocycles. The van der Waals surface area contributed by atoms with E-state index in [1.54, 1.807) is 12.1 Å². The molecule has 1 unspecified atom stereocenters. The fraction of sp³-hybridized carbons (Fsp3) is 0.353. The summed E-state index contributed by atoms with van der Waals surface area (Å²) in [4.78, 5) is 41.6. The van der Waals surface area contributed by atoms with Gasteiger partial charge in [0.2, 0.25) is 5.43 Å². The number of aromatic nitrogens is 1. The Morgan fingerprint density at radius 3 is 2.92 bits per heavy atom. The summed E-state index contributed by atoms with van der Waals surface area (Å²) < 4.78 is 5.37. The van der Waals surface area contributed by atoms with Gasteiger partial charge in [0.05, 0.1) is 18.7 Å². The van der Waals surface area contributed by atoms with Gasteiger partial charge in [-0.3, -0.25) is 14.4 Å². The van der Waals surface area contributed by atoms with E-state index in [4.69, 9.17) is 4.74 Å². The van der Waals surface area contributed by atoms with E-state index >= 15 is 0 Å². The molecule has 1 aromatic carbocycles. The van der Waals surface area contributed by atoms with Crippen molar-refractivity contribution in [3.63, 3.8) is 0 Å². The number of benzene rings is 1. The molecule has 1 atom stereocenters. The summed E-state index contributed by atoms with van der Waals surface area (Å²) in [5.74, 6) is -0.674. The number of H-pyrrole nitrogens is 1. The number of hydrogen-bond donors (Lipinski definition) is 2. The maximum Gasteiger partial charge on any atom is 0.259 e. The number of fused-ring (bicyclic) bond motifs is 1. The van der Waals surface area contributed by atoms with Crippen molar-refractivity contribution in [2.45, 2.75) is 13.0 Å². The van der Waals surface area contributed by atoms with Gasteiger partial charge in [-0.2, -0.15) is 0 Å². The first-order chi connectivity index (χ1) is 11.5. The lowest BCUT2D eigenvalue weighted by atomic mass is 10.1. The Morgan fingerprint density at radius 2 is 2.17 bits per heavy atom. The lowest BCUT2D eigenvalue weighted by molar-refractivity contribution is -0.136. The van der Waals surface area contributed by atoms with Crippen LogP contribution in [0.25, 0.3) is 10.9 Å². The number of nitrogens with zero attached hydrogens (tertiary/aromatic N) is 1. The van der Waals surface area contributed by atoms with E-state index in [1.165, 1.54) is 18.1 Å². The summed E-state index contributed by atoms with van der Waals surface area (Å²) >= 11 is 0. The molecular formula is C17H19N3O4. The number of carbonyl (C=O) groups excluding carboxylic acids is 2. The molecule has 0 bridgehead atoms. The van der Waals surface area contributed by atoms with E-state index in [0.717, 1.165) is 11.1 Å². The Labute approximate surface area is 138 Å². The van der Waals surface area contributed by atoms with Crippen LogP contribution in [0.1, 0.15) is 15.9 Å². The van der Waals surface area contributed by atoms with E-state index in [0.29, 0.717) is 11.9 Å². The largest absolute Gasteiger partial charge is 0.365 e. The molecule has 7 heteroatoms. The topological polar surface area (TPSA) is 91.5 Å². The van der Waals surface area contributed by atoms with Crippen LogP contribution in [0.2, 0.25) is 0 Å². The molecular weight excluding hydrogens is 310 g/mol. The maximum absolute atomic E-state index is 12.7. The van der Waals surface area contributed by atoms with Crippen molar-refractivity contribution >= 4 is 22.7 Å². The predicted octanol–water partition coefficient (Wildman–Crippen LogP) is 0.424. The maximum atomic E-state index is 12.7. The summed E-state index contributed by atoms with van der Waals surface area (Å²) in [7, 11) is 1.52. The summed E-state index contributed by atoms with van der Waals surface area (Å²) in [5.41, 5.74) is 1.44. The number of para-hydroxylation sites is 1. The number of amides is 2. The third kappa shape index (κ3) is 2.78. The number of pyridine rings is 1. The zero-order valence-electron chi connectivity index (χ0n) is 13.6. The molecule has 2 N–H and O–H groups in total. The first-order valence-corrected chi connectivity index (χ1v) is 7.76. The third-order valence-corrected chi connectivity index (χ3v) is 4.25. The van der Waals surface area contributed by atoms with Gasteiger partial charge in [0, 0.05) is 25.2 Å². The summed E-state index contributed by atoms with van der Waals surface area (Å²) in [6, 6.07) is 5.39. The fourth-order valence-electron chi connectivity index (χ4n) is 2.89. The molecule has 0 aliphatic carbocycles. The van der Waals surface area contributed by atoms with Gasteiger partial charge in [0.15, 0.2) is 6.10 Å².